The number of carbonyl (C=O) groups excluding carboxylic acids is 1. The molecular weight excluding hydrogens is 250 g/mol. The van der Waals surface area contributed by atoms with Crippen molar-refractivity contribution in [1.29, 1.82) is 0 Å². The van der Waals surface area contributed by atoms with Gasteiger partial charge in [0.2, 0.25) is 0 Å². The average molecular weight is 287 g/mol. The van der Waals surface area contributed by atoms with Crippen LogP contribution in [-0.2, 0) is 4.79 Å². The van der Waals surface area contributed by atoms with Crippen molar-refractivity contribution in [2.75, 3.05) is 19.6 Å². The van der Waals surface area contributed by atoms with Gasteiger partial charge in [-0.1, -0.05) is 40.5 Å². The Morgan fingerprint density at radius 1 is 1.00 bits per heavy atom. The lowest BCUT2D eigenvalue weighted by atomic mass is 10.1. The van der Waals surface area contributed by atoms with Crippen molar-refractivity contribution in [2.24, 2.45) is 0 Å². The molecule has 0 aliphatic carbocycles. The minimum absolute atomic E-state index is 0.0631. The number of unbranched alkanes of at least 4 members (excludes halogenated alkanes) is 3. The van der Waals surface area contributed by atoms with Crippen molar-refractivity contribution >= 4 is 5.78 Å². The second kappa shape index (κ2) is 16.6. The topological polar surface area (TPSA) is 40.5 Å². The summed E-state index contributed by atoms with van der Waals surface area (Å²) >= 11 is 0. The molecule has 0 bridgehead atoms. The van der Waals surface area contributed by atoms with E-state index in [4.69, 9.17) is 0 Å². The second-order valence-corrected chi connectivity index (χ2v) is 4.94. The summed E-state index contributed by atoms with van der Waals surface area (Å²) in [7, 11) is 0. The summed E-state index contributed by atoms with van der Waals surface area (Å²) in [6.07, 6.45) is 7.24. The summed E-state index contributed by atoms with van der Waals surface area (Å²) in [5.74, 6) is 0.310. The number of hydrogen-bond donors (Lipinski definition) is 1. The molecule has 0 aromatic heterocycles. The number of aliphatic hydroxyl groups is 1. The van der Waals surface area contributed by atoms with E-state index in [1.54, 1.807) is 6.92 Å². The summed E-state index contributed by atoms with van der Waals surface area (Å²) in [5.41, 5.74) is 0. The van der Waals surface area contributed by atoms with Gasteiger partial charge >= 0.3 is 0 Å². The molecule has 1 aliphatic heterocycles. The van der Waals surface area contributed by atoms with E-state index in [2.05, 4.69) is 4.90 Å². The van der Waals surface area contributed by atoms with Crippen molar-refractivity contribution in [3.05, 3.63) is 0 Å². The molecule has 1 fully saturated rings. The van der Waals surface area contributed by atoms with Crippen LogP contribution in [0.1, 0.15) is 79.6 Å². The highest BCUT2D eigenvalue weighted by Crippen LogP contribution is 2.11. The Balaban J connectivity index is 0. The van der Waals surface area contributed by atoms with Gasteiger partial charge < -0.3 is 14.8 Å². The zero-order chi connectivity index (χ0) is 15.8. The van der Waals surface area contributed by atoms with Crippen LogP contribution in [0.3, 0.4) is 0 Å². The molecule has 1 heterocycles. The smallest absolute Gasteiger partial charge is 0.129 e. The highest BCUT2D eigenvalue weighted by atomic mass is 16.3. The molecule has 1 aliphatic rings. The van der Waals surface area contributed by atoms with Crippen LogP contribution in [0.15, 0.2) is 0 Å². The standard InChI is InChI=1S/C13H25NO2.2C2H6/c1-12(15)6-4-2-3-5-9-14-10-7-13(16)8-11-14;2*1-2/h13,16H,2-11H2,1H3;2*1-2H3. The summed E-state index contributed by atoms with van der Waals surface area (Å²) in [5, 5.41) is 9.36. The van der Waals surface area contributed by atoms with E-state index >= 15 is 0 Å². The predicted octanol–water partition coefficient (Wildman–Crippen LogP) is 4.04. The fourth-order valence-corrected chi connectivity index (χ4v) is 2.21. The number of ketones is 1. The Morgan fingerprint density at radius 2 is 1.50 bits per heavy atom. The van der Waals surface area contributed by atoms with Gasteiger partial charge in [0.05, 0.1) is 6.10 Å². The van der Waals surface area contributed by atoms with Crippen molar-refractivity contribution in [3.8, 4) is 0 Å². The van der Waals surface area contributed by atoms with E-state index in [1.807, 2.05) is 27.7 Å². The van der Waals surface area contributed by atoms with Gasteiger partial charge in [-0.2, -0.15) is 0 Å². The van der Waals surface area contributed by atoms with Crippen LogP contribution in [0.4, 0.5) is 0 Å². The van der Waals surface area contributed by atoms with E-state index in [1.165, 1.54) is 19.3 Å². The van der Waals surface area contributed by atoms with Crippen molar-refractivity contribution in [3.63, 3.8) is 0 Å². The summed E-state index contributed by atoms with van der Waals surface area (Å²) in [4.78, 5) is 13.2. The first kappa shape index (κ1) is 21.9. The van der Waals surface area contributed by atoms with E-state index < -0.39 is 0 Å². The number of likely N-dealkylation sites (tertiary alicyclic amines) is 1. The predicted molar refractivity (Wildman–Crippen MR) is 88.1 cm³/mol. The minimum Gasteiger partial charge on any atom is -0.393 e. The Labute approximate surface area is 126 Å². The molecule has 3 heteroatoms. The maximum Gasteiger partial charge on any atom is 0.129 e. The number of Topliss-reactive ketones (excluding diaryl/α,β-unsaturated/α-hetero) is 1. The molecule has 0 unspecified atom stereocenters. The lowest BCUT2D eigenvalue weighted by molar-refractivity contribution is -0.117. The van der Waals surface area contributed by atoms with Crippen LogP contribution in [0.25, 0.3) is 0 Å². The lowest BCUT2D eigenvalue weighted by Crippen LogP contribution is -2.36. The molecule has 1 rings (SSSR count). The highest BCUT2D eigenvalue weighted by molar-refractivity contribution is 5.75. The molecular formula is C17H37NO2. The fourth-order valence-electron chi connectivity index (χ4n) is 2.21. The molecule has 3 nitrogen and oxygen atoms in total. The number of hydrogen-bond acceptors (Lipinski definition) is 3. The lowest BCUT2D eigenvalue weighted by Gasteiger charge is -2.29. The molecule has 0 spiro atoms. The van der Waals surface area contributed by atoms with Gasteiger partial charge in [0.1, 0.15) is 5.78 Å². The average Bonchev–Trinajstić information content (AvgIpc) is 2.48. The molecule has 0 atom stereocenters. The molecule has 0 amide bonds. The van der Waals surface area contributed by atoms with Crippen LogP contribution in [0.2, 0.25) is 0 Å². The normalized spacial score (nSPS) is 15.7. The van der Waals surface area contributed by atoms with E-state index in [0.717, 1.165) is 45.3 Å². The first-order chi connectivity index (χ1) is 9.68. The van der Waals surface area contributed by atoms with Gasteiger partial charge in [0.15, 0.2) is 0 Å². The van der Waals surface area contributed by atoms with Crippen molar-refractivity contribution in [2.45, 2.75) is 85.7 Å². The quantitative estimate of drug-likeness (QED) is 0.719. The third kappa shape index (κ3) is 14.0. The zero-order valence-electron chi connectivity index (χ0n) is 14.5. The van der Waals surface area contributed by atoms with Gasteiger partial charge in [-0.25, -0.2) is 0 Å². The third-order valence-corrected chi connectivity index (χ3v) is 3.31. The van der Waals surface area contributed by atoms with E-state index in [9.17, 15) is 9.90 Å². The van der Waals surface area contributed by atoms with Crippen LogP contribution in [0.5, 0.6) is 0 Å². The van der Waals surface area contributed by atoms with Crippen LogP contribution in [-0.4, -0.2) is 41.5 Å². The monoisotopic (exact) mass is 287 g/mol. The summed E-state index contributed by atoms with van der Waals surface area (Å²) < 4.78 is 0. The molecule has 1 saturated heterocycles. The Morgan fingerprint density at radius 3 is 2.00 bits per heavy atom. The molecule has 0 saturated carbocycles. The molecule has 0 radical (unpaired) electrons. The highest BCUT2D eigenvalue weighted by Gasteiger charge is 2.15. The molecule has 0 aromatic carbocycles. The van der Waals surface area contributed by atoms with Gasteiger partial charge in [-0.05, 0) is 39.2 Å². The first-order valence-corrected chi connectivity index (χ1v) is 8.58. The maximum absolute atomic E-state index is 10.7. The van der Waals surface area contributed by atoms with Gasteiger partial charge in [-0.15, -0.1) is 0 Å². The Hall–Kier alpha value is -0.410. The van der Waals surface area contributed by atoms with Crippen LogP contribution in [0, 0.1) is 0 Å². The first-order valence-electron chi connectivity index (χ1n) is 8.58. The van der Waals surface area contributed by atoms with Crippen LogP contribution < -0.4 is 0 Å². The van der Waals surface area contributed by atoms with Crippen LogP contribution >= 0.6 is 0 Å². The maximum atomic E-state index is 10.7. The second-order valence-electron chi connectivity index (χ2n) is 4.94. The third-order valence-electron chi connectivity index (χ3n) is 3.31. The molecule has 20 heavy (non-hydrogen) atoms. The van der Waals surface area contributed by atoms with E-state index in [-0.39, 0.29) is 6.10 Å². The van der Waals surface area contributed by atoms with Crippen molar-refractivity contribution < 1.29 is 9.90 Å². The van der Waals surface area contributed by atoms with Gasteiger partial charge in [0.25, 0.3) is 0 Å². The van der Waals surface area contributed by atoms with Gasteiger partial charge in [-0.3, -0.25) is 0 Å². The molecule has 0 aromatic rings. The summed E-state index contributed by atoms with van der Waals surface area (Å²) in [6.45, 7) is 12.9. The van der Waals surface area contributed by atoms with E-state index in [0.29, 0.717) is 5.78 Å². The SMILES string of the molecule is CC.CC.CC(=O)CCCCCCN1CCC(O)CC1. The Bertz CT molecular complexity index is 199. The van der Waals surface area contributed by atoms with Crippen molar-refractivity contribution in [1.82, 2.24) is 4.90 Å². The summed E-state index contributed by atoms with van der Waals surface area (Å²) in [6, 6.07) is 0. The molecule has 1 N–H and O–H groups in total. The Kier molecular flexibility index (Phi) is 18.2. The largest absolute Gasteiger partial charge is 0.393 e. The number of nitrogens with zero attached hydrogens (tertiary/aromatic N) is 1. The number of carbonyl (C=O) groups is 1. The number of aliphatic hydroxyl groups excluding tert-OH is 1. The minimum atomic E-state index is -0.0631. The van der Waals surface area contributed by atoms with Gasteiger partial charge in [0, 0.05) is 19.5 Å². The number of rotatable bonds is 7. The fraction of sp³-hybridized carbons (Fsp3) is 0.941. The zero-order valence-corrected chi connectivity index (χ0v) is 14.5. The molecule has 122 valence electrons. The number of piperidine rings is 1.